The average molecular weight is 242 g/mol. The second-order valence-electron chi connectivity index (χ2n) is 6.25. The molecule has 2 heteroatoms. The molecule has 2 nitrogen and oxygen atoms in total. The minimum atomic E-state index is 0.240. The standard InChI is InChI=1S/C15H34N2/c1-9-15(6,17(7)8)14(16-10-2)13(5)11-12(3)4/h12-14,16H,9-11H2,1-8H3. The molecule has 0 heterocycles. The van der Waals surface area contributed by atoms with Crippen LogP contribution in [0.4, 0.5) is 0 Å². The van der Waals surface area contributed by atoms with Crippen LogP contribution in [0.15, 0.2) is 0 Å². The molecule has 0 amide bonds. The van der Waals surface area contributed by atoms with E-state index < -0.39 is 0 Å². The highest BCUT2D eigenvalue weighted by atomic mass is 15.2. The quantitative estimate of drug-likeness (QED) is 0.702. The lowest BCUT2D eigenvalue weighted by Crippen LogP contribution is -2.59. The predicted octanol–water partition coefficient (Wildman–Crippen LogP) is 3.38. The third kappa shape index (κ3) is 4.59. The normalized spacial score (nSPS) is 19.4. The highest BCUT2D eigenvalue weighted by Crippen LogP contribution is 2.29. The van der Waals surface area contributed by atoms with Gasteiger partial charge in [-0.15, -0.1) is 0 Å². The van der Waals surface area contributed by atoms with Crippen LogP contribution in [0.5, 0.6) is 0 Å². The fourth-order valence-corrected chi connectivity index (χ4v) is 2.95. The Kier molecular flexibility index (Phi) is 7.34. The summed E-state index contributed by atoms with van der Waals surface area (Å²) >= 11 is 0. The van der Waals surface area contributed by atoms with Crippen LogP contribution >= 0.6 is 0 Å². The highest BCUT2D eigenvalue weighted by molar-refractivity contribution is 4.96. The van der Waals surface area contributed by atoms with Gasteiger partial charge < -0.3 is 10.2 Å². The molecule has 3 atom stereocenters. The van der Waals surface area contributed by atoms with Crippen LogP contribution in [-0.4, -0.2) is 37.1 Å². The van der Waals surface area contributed by atoms with E-state index in [2.05, 4.69) is 65.9 Å². The molecule has 0 aliphatic heterocycles. The van der Waals surface area contributed by atoms with Gasteiger partial charge in [-0.3, -0.25) is 0 Å². The lowest BCUT2D eigenvalue weighted by molar-refractivity contribution is 0.0796. The first kappa shape index (κ1) is 16.9. The van der Waals surface area contributed by atoms with Gasteiger partial charge in [-0.1, -0.05) is 34.6 Å². The van der Waals surface area contributed by atoms with E-state index in [1.54, 1.807) is 0 Å². The Bertz CT molecular complexity index is 201. The van der Waals surface area contributed by atoms with Crippen molar-refractivity contribution in [2.24, 2.45) is 11.8 Å². The molecule has 0 saturated heterocycles. The molecule has 0 aromatic carbocycles. The number of rotatable bonds is 8. The van der Waals surface area contributed by atoms with Crippen molar-refractivity contribution in [2.75, 3.05) is 20.6 Å². The van der Waals surface area contributed by atoms with E-state index in [1.165, 1.54) is 12.8 Å². The molecule has 1 N–H and O–H groups in total. The number of nitrogens with zero attached hydrogens (tertiary/aromatic N) is 1. The Morgan fingerprint density at radius 2 is 1.65 bits per heavy atom. The first-order valence-corrected chi connectivity index (χ1v) is 7.20. The summed E-state index contributed by atoms with van der Waals surface area (Å²) in [5.74, 6) is 1.48. The fraction of sp³-hybridized carbons (Fsp3) is 1.00. The minimum absolute atomic E-state index is 0.240. The first-order valence-electron chi connectivity index (χ1n) is 7.20. The van der Waals surface area contributed by atoms with E-state index in [9.17, 15) is 0 Å². The van der Waals surface area contributed by atoms with Gasteiger partial charge in [0.25, 0.3) is 0 Å². The van der Waals surface area contributed by atoms with Crippen molar-refractivity contribution < 1.29 is 0 Å². The van der Waals surface area contributed by atoms with Crippen molar-refractivity contribution in [3.05, 3.63) is 0 Å². The lowest BCUT2D eigenvalue weighted by Gasteiger charge is -2.46. The average Bonchev–Trinajstić information content (AvgIpc) is 2.23. The highest BCUT2D eigenvalue weighted by Gasteiger charge is 2.37. The summed E-state index contributed by atoms with van der Waals surface area (Å²) in [5, 5.41) is 3.72. The molecule has 0 radical (unpaired) electrons. The zero-order valence-electron chi connectivity index (χ0n) is 13.3. The van der Waals surface area contributed by atoms with Crippen molar-refractivity contribution in [3.8, 4) is 0 Å². The summed E-state index contributed by atoms with van der Waals surface area (Å²) in [6, 6.07) is 0.565. The second-order valence-corrected chi connectivity index (χ2v) is 6.25. The maximum atomic E-state index is 3.72. The minimum Gasteiger partial charge on any atom is -0.312 e. The first-order chi connectivity index (χ1) is 7.79. The number of nitrogens with one attached hydrogen (secondary N) is 1. The molecular formula is C15H34N2. The van der Waals surface area contributed by atoms with Crippen LogP contribution < -0.4 is 5.32 Å². The second kappa shape index (κ2) is 7.38. The SMILES string of the molecule is CCNC(C(C)CC(C)C)C(C)(CC)N(C)C. The third-order valence-electron chi connectivity index (χ3n) is 4.24. The Morgan fingerprint density at radius 1 is 1.12 bits per heavy atom. The summed E-state index contributed by atoms with van der Waals surface area (Å²) in [6.45, 7) is 15.0. The Balaban J connectivity index is 4.91. The van der Waals surface area contributed by atoms with Crippen LogP contribution in [0, 0.1) is 11.8 Å². The largest absolute Gasteiger partial charge is 0.312 e. The fourth-order valence-electron chi connectivity index (χ4n) is 2.95. The van der Waals surface area contributed by atoms with Gasteiger partial charge in [0.05, 0.1) is 0 Å². The number of hydrogen-bond donors (Lipinski definition) is 1. The van der Waals surface area contributed by atoms with Gasteiger partial charge in [-0.25, -0.2) is 0 Å². The monoisotopic (exact) mass is 242 g/mol. The van der Waals surface area contributed by atoms with Gasteiger partial charge in [0.15, 0.2) is 0 Å². The van der Waals surface area contributed by atoms with Crippen molar-refractivity contribution >= 4 is 0 Å². The van der Waals surface area contributed by atoms with E-state index in [0.29, 0.717) is 12.0 Å². The zero-order chi connectivity index (χ0) is 13.6. The van der Waals surface area contributed by atoms with Crippen LogP contribution in [0.2, 0.25) is 0 Å². The van der Waals surface area contributed by atoms with E-state index in [-0.39, 0.29) is 5.54 Å². The maximum absolute atomic E-state index is 3.72. The van der Waals surface area contributed by atoms with Gasteiger partial charge in [0.1, 0.15) is 0 Å². The lowest BCUT2D eigenvalue weighted by atomic mass is 9.78. The molecule has 0 bridgehead atoms. The van der Waals surface area contributed by atoms with E-state index in [0.717, 1.165) is 12.5 Å². The van der Waals surface area contributed by atoms with Crippen LogP contribution in [0.1, 0.15) is 54.4 Å². The van der Waals surface area contributed by atoms with Crippen LogP contribution in [0.3, 0.4) is 0 Å². The molecular weight excluding hydrogens is 208 g/mol. The van der Waals surface area contributed by atoms with E-state index in [4.69, 9.17) is 0 Å². The van der Waals surface area contributed by atoms with Crippen molar-refractivity contribution in [3.63, 3.8) is 0 Å². The molecule has 104 valence electrons. The summed E-state index contributed by atoms with van der Waals surface area (Å²) in [5.41, 5.74) is 0.240. The summed E-state index contributed by atoms with van der Waals surface area (Å²) in [6.07, 6.45) is 2.47. The number of likely N-dealkylation sites (N-methyl/N-ethyl adjacent to an activating group) is 2. The van der Waals surface area contributed by atoms with Crippen LogP contribution in [-0.2, 0) is 0 Å². The van der Waals surface area contributed by atoms with Gasteiger partial charge in [0, 0.05) is 11.6 Å². The van der Waals surface area contributed by atoms with Crippen molar-refractivity contribution in [2.45, 2.75) is 66.0 Å². The van der Waals surface area contributed by atoms with Crippen molar-refractivity contribution in [1.29, 1.82) is 0 Å². The van der Waals surface area contributed by atoms with Gasteiger partial charge in [-0.2, -0.15) is 0 Å². The Morgan fingerprint density at radius 3 is 1.94 bits per heavy atom. The van der Waals surface area contributed by atoms with E-state index in [1.807, 2.05) is 0 Å². The Hall–Kier alpha value is -0.0800. The molecule has 0 fully saturated rings. The summed E-state index contributed by atoms with van der Waals surface area (Å²) in [7, 11) is 4.41. The maximum Gasteiger partial charge on any atom is 0.0328 e. The van der Waals surface area contributed by atoms with Gasteiger partial charge >= 0.3 is 0 Å². The molecule has 3 unspecified atom stereocenters. The topological polar surface area (TPSA) is 15.3 Å². The molecule has 0 spiro atoms. The molecule has 0 aliphatic rings. The molecule has 0 aromatic heterocycles. The summed E-state index contributed by atoms with van der Waals surface area (Å²) in [4.78, 5) is 2.39. The third-order valence-corrected chi connectivity index (χ3v) is 4.24. The zero-order valence-corrected chi connectivity index (χ0v) is 13.3. The smallest absolute Gasteiger partial charge is 0.0328 e. The summed E-state index contributed by atoms with van der Waals surface area (Å²) < 4.78 is 0. The molecule has 17 heavy (non-hydrogen) atoms. The van der Waals surface area contributed by atoms with Gasteiger partial charge in [-0.05, 0) is 52.2 Å². The molecule has 0 rings (SSSR count). The molecule has 0 aliphatic carbocycles. The van der Waals surface area contributed by atoms with E-state index >= 15 is 0 Å². The van der Waals surface area contributed by atoms with Gasteiger partial charge in [0.2, 0.25) is 0 Å². The predicted molar refractivity (Wildman–Crippen MR) is 78.5 cm³/mol. The molecule has 0 saturated carbocycles. The number of hydrogen-bond acceptors (Lipinski definition) is 2. The van der Waals surface area contributed by atoms with Crippen LogP contribution in [0.25, 0.3) is 0 Å². The Labute approximate surface area is 109 Å². The van der Waals surface area contributed by atoms with Crippen molar-refractivity contribution in [1.82, 2.24) is 10.2 Å². The molecule has 0 aromatic rings.